The van der Waals surface area contributed by atoms with Crippen LogP contribution in [0.5, 0.6) is 0 Å². The van der Waals surface area contributed by atoms with E-state index in [0.29, 0.717) is 18.2 Å². The molecule has 0 radical (unpaired) electrons. The lowest BCUT2D eigenvalue weighted by Gasteiger charge is -2.16. The minimum atomic E-state index is -0.204. The SMILES string of the molecule is CC(C)Cn1cc(NC(=O)N(C)Cc2cnccn2)cn1. The van der Waals surface area contributed by atoms with Crippen LogP contribution < -0.4 is 5.32 Å². The van der Waals surface area contributed by atoms with Gasteiger partial charge < -0.3 is 10.2 Å². The van der Waals surface area contributed by atoms with Crippen LogP contribution in [0, 0.1) is 5.92 Å². The maximum absolute atomic E-state index is 12.1. The average Bonchev–Trinajstić information content (AvgIpc) is 2.86. The molecular formula is C14H20N6O. The number of rotatable bonds is 5. The summed E-state index contributed by atoms with van der Waals surface area (Å²) in [6.45, 7) is 5.47. The number of nitrogens with one attached hydrogen (secondary N) is 1. The van der Waals surface area contributed by atoms with Crippen molar-refractivity contribution in [1.82, 2.24) is 24.6 Å². The minimum absolute atomic E-state index is 0.204. The largest absolute Gasteiger partial charge is 0.322 e. The van der Waals surface area contributed by atoms with Crippen LogP contribution in [0.25, 0.3) is 0 Å². The Kier molecular flexibility index (Phi) is 4.86. The molecule has 0 aliphatic rings. The molecule has 0 bridgehead atoms. The minimum Gasteiger partial charge on any atom is -0.322 e. The molecule has 2 aromatic rings. The first-order valence-corrected chi connectivity index (χ1v) is 6.84. The van der Waals surface area contributed by atoms with Crippen LogP contribution in [0.2, 0.25) is 0 Å². The highest BCUT2D eigenvalue weighted by molar-refractivity contribution is 5.88. The molecule has 0 aromatic carbocycles. The smallest absolute Gasteiger partial charge is 0.322 e. The lowest BCUT2D eigenvalue weighted by Crippen LogP contribution is -2.31. The zero-order valence-electron chi connectivity index (χ0n) is 12.5. The molecule has 0 aliphatic carbocycles. The molecule has 1 N–H and O–H groups in total. The Morgan fingerprint density at radius 3 is 2.86 bits per heavy atom. The van der Waals surface area contributed by atoms with Gasteiger partial charge in [-0.15, -0.1) is 0 Å². The van der Waals surface area contributed by atoms with E-state index >= 15 is 0 Å². The Hall–Kier alpha value is -2.44. The van der Waals surface area contributed by atoms with Gasteiger partial charge in [-0.3, -0.25) is 14.6 Å². The second-order valence-corrected chi connectivity index (χ2v) is 5.33. The number of hydrogen-bond donors (Lipinski definition) is 1. The lowest BCUT2D eigenvalue weighted by atomic mass is 10.2. The highest BCUT2D eigenvalue weighted by atomic mass is 16.2. The van der Waals surface area contributed by atoms with Gasteiger partial charge in [0.25, 0.3) is 0 Å². The van der Waals surface area contributed by atoms with Crippen molar-refractivity contribution in [2.45, 2.75) is 26.9 Å². The van der Waals surface area contributed by atoms with Crippen LogP contribution in [-0.4, -0.2) is 37.7 Å². The van der Waals surface area contributed by atoms with Crippen molar-refractivity contribution in [1.29, 1.82) is 0 Å². The molecule has 2 heterocycles. The number of amides is 2. The summed E-state index contributed by atoms with van der Waals surface area (Å²) < 4.78 is 1.82. The Morgan fingerprint density at radius 1 is 1.38 bits per heavy atom. The van der Waals surface area contributed by atoms with Crippen LogP contribution in [0.1, 0.15) is 19.5 Å². The number of carbonyl (C=O) groups excluding carboxylic acids is 1. The number of aromatic nitrogens is 4. The van der Waals surface area contributed by atoms with Crippen molar-refractivity contribution in [3.05, 3.63) is 36.7 Å². The van der Waals surface area contributed by atoms with Crippen molar-refractivity contribution in [2.24, 2.45) is 5.92 Å². The fourth-order valence-electron chi connectivity index (χ4n) is 1.85. The van der Waals surface area contributed by atoms with Gasteiger partial charge in [0, 0.05) is 32.2 Å². The average molecular weight is 288 g/mol. The molecule has 2 aromatic heterocycles. The molecule has 0 saturated heterocycles. The molecule has 0 saturated carbocycles. The quantitative estimate of drug-likeness (QED) is 0.913. The summed E-state index contributed by atoms with van der Waals surface area (Å²) in [5.74, 6) is 0.507. The molecule has 21 heavy (non-hydrogen) atoms. The van der Waals surface area contributed by atoms with Crippen molar-refractivity contribution in [3.8, 4) is 0 Å². The van der Waals surface area contributed by atoms with Crippen molar-refractivity contribution in [3.63, 3.8) is 0 Å². The number of nitrogens with zero attached hydrogens (tertiary/aromatic N) is 5. The van der Waals surface area contributed by atoms with E-state index in [2.05, 4.69) is 34.2 Å². The first-order chi connectivity index (χ1) is 10.0. The third-order valence-electron chi connectivity index (χ3n) is 2.80. The standard InChI is InChI=1S/C14H20N6O/c1-11(2)8-20-10-13(7-17-20)18-14(21)19(3)9-12-6-15-4-5-16-12/h4-7,10-11H,8-9H2,1-3H3,(H,18,21). The highest BCUT2D eigenvalue weighted by Gasteiger charge is 2.11. The first-order valence-electron chi connectivity index (χ1n) is 6.84. The van der Waals surface area contributed by atoms with E-state index in [1.54, 1.807) is 36.7 Å². The molecule has 112 valence electrons. The zero-order valence-corrected chi connectivity index (χ0v) is 12.5. The van der Waals surface area contributed by atoms with Gasteiger partial charge >= 0.3 is 6.03 Å². The van der Waals surface area contributed by atoms with Gasteiger partial charge in [0.2, 0.25) is 0 Å². The molecule has 0 spiro atoms. The van der Waals surface area contributed by atoms with E-state index in [4.69, 9.17) is 0 Å². The van der Waals surface area contributed by atoms with Gasteiger partial charge in [0.15, 0.2) is 0 Å². The van der Waals surface area contributed by atoms with Gasteiger partial charge in [0.05, 0.1) is 30.3 Å². The summed E-state index contributed by atoms with van der Waals surface area (Å²) in [5, 5.41) is 7.02. The van der Waals surface area contributed by atoms with Crippen LogP contribution in [0.15, 0.2) is 31.0 Å². The van der Waals surface area contributed by atoms with E-state index in [-0.39, 0.29) is 6.03 Å². The number of urea groups is 1. The monoisotopic (exact) mass is 288 g/mol. The predicted octanol–water partition coefficient (Wildman–Crippen LogP) is 1.99. The van der Waals surface area contributed by atoms with Gasteiger partial charge in [0.1, 0.15) is 0 Å². The van der Waals surface area contributed by atoms with Crippen LogP contribution >= 0.6 is 0 Å². The van der Waals surface area contributed by atoms with Gasteiger partial charge in [-0.1, -0.05) is 13.8 Å². The number of anilines is 1. The van der Waals surface area contributed by atoms with Gasteiger partial charge in [-0.2, -0.15) is 5.10 Å². The van der Waals surface area contributed by atoms with Crippen molar-refractivity contribution < 1.29 is 4.79 Å². The van der Waals surface area contributed by atoms with E-state index < -0.39 is 0 Å². The summed E-state index contributed by atoms with van der Waals surface area (Å²) in [5.41, 5.74) is 1.43. The Balaban J connectivity index is 1.90. The summed E-state index contributed by atoms with van der Waals surface area (Å²) in [4.78, 5) is 21.7. The molecular weight excluding hydrogens is 268 g/mol. The predicted molar refractivity (Wildman–Crippen MR) is 79.6 cm³/mol. The highest BCUT2D eigenvalue weighted by Crippen LogP contribution is 2.08. The molecule has 7 heteroatoms. The summed E-state index contributed by atoms with van der Waals surface area (Å²) in [7, 11) is 1.71. The maximum Gasteiger partial charge on any atom is 0.322 e. The zero-order chi connectivity index (χ0) is 15.2. The maximum atomic E-state index is 12.1. The Morgan fingerprint density at radius 2 is 2.19 bits per heavy atom. The molecule has 2 rings (SSSR count). The fourth-order valence-corrected chi connectivity index (χ4v) is 1.85. The number of hydrogen-bond acceptors (Lipinski definition) is 4. The van der Waals surface area contributed by atoms with E-state index in [9.17, 15) is 4.79 Å². The normalized spacial score (nSPS) is 10.7. The first kappa shape index (κ1) is 15.0. The van der Waals surface area contributed by atoms with Crippen LogP contribution in [0.3, 0.4) is 0 Å². The Bertz CT molecular complexity index is 580. The second kappa shape index (κ2) is 6.83. The number of carbonyl (C=O) groups is 1. The second-order valence-electron chi connectivity index (χ2n) is 5.33. The fraction of sp³-hybridized carbons (Fsp3) is 0.429. The van der Waals surface area contributed by atoms with Crippen LogP contribution in [-0.2, 0) is 13.1 Å². The molecule has 0 fully saturated rings. The van der Waals surface area contributed by atoms with Crippen LogP contribution in [0.4, 0.5) is 10.5 Å². The summed E-state index contributed by atoms with van der Waals surface area (Å²) >= 11 is 0. The Labute approximate surface area is 124 Å². The summed E-state index contributed by atoms with van der Waals surface area (Å²) in [6.07, 6.45) is 8.33. The van der Waals surface area contributed by atoms with Gasteiger partial charge in [-0.25, -0.2) is 4.79 Å². The van der Waals surface area contributed by atoms with E-state index in [0.717, 1.165) is 12.2 Å². The lowest BCUT2D eigenvalue weighted by molar-refractivity contribution is 0.220. The van der Waals surface area contributed by atoms with E-state index in [1.165, 1.54) is 0 Å². The van der Waals surface area contributed by atoms with Crippen molar-refractivity contribution in [2.75, 3.05) is 12.4 Å². The third-order valence-corrected chi connectivity index (χ3v) is 2.80. The molecule has 0 unspecified atom stereocenters. The molecule has 2 amide bonds. The topological polar surface area (TPSA) is 75.9 Å². The van der Waals surface area contributed by atoms with Crippen molar-refractivity contribution >= 4 is 11.7 Å². The molecule has 0 atom stereocenters. The molecule has 0 aliphatic heterocycles. The van der Waals surface area contributed by atoms with E-state index in [1.807, 2.05) is 10.9 Å². The van der Waals surface area contributed by atoms with Gasteiger partial charge in [-0.05, 0) is 5.92 Å². The third kappa shape index (κ3) is 4.55. The molecule has 7 nitrogen and oxygen atoms in total. The summed E-state index contributed by atoms with van der Waals surface area (Å²) in [6, 6.07) is -0.204.